The van der Waals surface area contributed by atoms with Crippen molar-refractivity contribution in [3.8, 4) is 0 Å². The van der Waals surface area contributed by atoms with Crippen molar-refractivity contribution in [3.05, 3.63) is 0 Å². The van der Waals surface area contributed by atoms with E-state index in [9.17, 15) is 0 Å². The summed E-state index contributed by atoms with van der Waals surface area (Å²) in [6.45, 7) is 4.44. The van der Waals surface area contributed by atoms with Crippen LogP contribution >= 0.6 is 11.6 Å². The van der Waals surface area contributed by atoms with Crippen LogP contribution in [0.15, 0.2) is 0 Å². The Hall–Kier alpha value is 0.250. The zero-order valence-electron chi connectivity index (χ0n) is 5.94. The molecule has 0 aromatic rings. The number of rotatable bonds is 4. The Morgan fingerprint density at radius 3 is 2.56 bits per heavy atom. The van der Waals surface area contributed by atoms with Crippen molar-refractivity contribution in [1.82, 2.24) is 4.90 Å². The van der Waals surface area contributed by atoms with Gasteiger partial charge in [0.2, 0.25) is 0 Å². The van der Waals surface area contributed by atoms with Crippen molar-refractivity contribution in [2.75, 3.05) is 19.0 Å². The highest BCUT2D eigenvalue weighted by Crippen LogP contribution is 2.25. The first-order chi connectivity index (χ1) is 4.38. The van der Waals surface area contributed by atoms with Crippen LogP contribution in [-0.2, 0) is 0 Å². The van der Waals surface area contributed by atoms with Crippen LogP contribution in [0.3, 0.4) is 0 Å². The minimum absolute atomic E-state index is 0.782. The Labute approximate surface area is 62.0 Å². The molecule has 0 aromatic carbocycles. The lowest BCUT2D eigenvalue weighted by molar-refractivity contribution is 0.295. The van der Waals surface area contributed by atoms with Gasteiger partial charge < -0.3 is 0 Å². The van der Waals surface area contributed by atoms with E-state index in [2.05, 4.69) is 11.8 Å². The maximum Gasteiger partial charge on any atom is 0.0351 e. The van der Waals surface area contributed by atoms with Gasteiger partial charge in [0.05, 0.1) is 0 Å². The fraction of sp³-hybridized carbons (Fsp3) is 1.00. The van der Waals surface area contributed by atoms with Crippen LogP contribution in [-0.4, -0.2) is 29.9 Å². The molecule has 0 amide bonds. The van der Waals surface area contributed by atoms with Crippen molar-refractivity contribution in [3.63, 3.8) is 0 Å². The summed E-state index contributed by atoms with van der Waals surface area (Å²) >= 11 is 5.61. The van der Waals surface area contributed by atoms with Crippen LogP contribution in [0, 0.1) is 0 Å². The van der Waals surface area contributed by atoms with E-state index in [4.69, 9.17) is 11.6 Å². The lowest BCUT2D eigenvalue weighted by Gasteiger charge is -2.17. The normalized spacial score (nSPS) is 19.0. The molecule has 0 aliphatic heterocycles. The number of alkyl halides is 1. The Balaban J connectivity index is 2.12. The molecule has 0 aromatic heterocycles. The fourth-order valence-electron chi connectivity index (χ4n) is 1.15. The van der Waals surface area contributed by atoms with Gasteiger partial charge in [-0.2, -0.15) is 0 Å². The lowest BCUT2D eigenvalue weighted by Crippen LogP contribution is -2.27. The highest BCUT2D eigenvalue weighted by atomic mass is 35.5. The van der Waals surface area contributed by atoms with Gasteiger partial charge in [-0.05, 0) is 19.4 Å². The van der Waals surface area contributed by atoms with E-state index in [1.54, 1.807) is 0 Å². The average Bonchev–Trinajstić information content (AvgIpc) is 2.64. The molecule has 0 spiro atoms. The Morgan fingerprint density at radius 1 is 1.56 bits per heavy atom. The molecule has 54 valence electrons. The summed E-state index contributed by atoms with van der Waals surface area (Å²) in [5.74, 6) is 0.782. The Kier molecular flexibility index (Phi) is 2.80. The topological polar surface area (TPSA) is 3.24 Å². The number of nitrogens with zero attached hydrogens (tertiary/aromatic N) is 1. The summed E-state index contributed by atoms with van der Waals surface area (Å²) in [6, 6.07) is 0.883. The van der Waals surface area contributed by atoms with Gasteiger partial charge >= 0.3 is 0 Å². The van der Waals surface area contributed by atoms with E-state index < -0.39 is 0 Å². The standard InChI is InChI=1S/C7H14ClN/c1-2-9(6-5-8)7-3-4-7/h7H,2-6H2,1H3. The van der Waals surface area contributed by atoms with Crippen LogP contribution in [0.4, 0.5) is 0 Å². The first-order valence-electron chi connectivity index (χ1n) is 3.68. The number of hydrogen-bond acceptors (Lipinski definition) is 1. The molecule has 0 heterocycles. The maximum atomic E-state index is 5.61. The summed E-state index contributed by atoms with van der Waals surface area (Å²) < 4.78 is 0. The van der Waals surface area contributed by atoms with Gasteiger partial charge in [-0.25, -0.2) is 0 Å². The minimum Gasteiger partial charge on any atom is -0.299 e. The summed E-state index contributed by atoms with van der Waals surface area (Å²) in [4.78, 5) is 2.45. The predicted octanol–water partition coefficient (Wildman–Crippen LogP) is 1.71. The summed E-state index contributed by atoms with van der Waals surface area (Å²) in [7, 11) is 0. The van der Waals surface area contributed by atoms with Gasteiger partial charge in [0.25, 0.3) is 0 Å². The van der Waals surface area contributed by atoms with Crippen molar-refractivity contribution >= 4 is 11.6 Å². The van der Waals surface area contributed by atoms with Crippen molar-refractivity contribution in [1.29, 1.82) is 0 Å². The predicted molar refractivity (Wildman–Crippen MR) is 41.0 cm³/mol. The minimum atomic E-state index is 0.782. The lowest BCUT2D eigenvalue weighted by atomic mass is 10.5. The van der Waals surface area contributed by atoms with Gasteiger partial charge in [-0.15, -0.1) is 11.6 Å². The molecule has 1 nitrogen and oxygen atoms in total. The molecule has 1 rings (SSSR count). The van der Waals surface area contributed by atoms with Crippen molar-refractivity contribution in [2.45, 2.75) is 25.8 Å². The second-order valence-corrected chi connectivity index (χ2v) is 2.93. The molecule has 0 atom stereocenters. The molecule has 1 saturated carbocycles. The van der Waals surface area contributed by atoms with E-state index >= 15 is 0 Å². The van der Waals surface area contributed by atoms with Gasteiger partial charge in [-0.1, -0.05) is 6.92 Å². The SMILES string of the molecule is CCN(CCCl)C1CC1. The van der Waals surface area contributed by atoms with Crippen LogP contribution < -0.4 is 0 Å². The molecule has 9 heavy (non-hydrogen) atoms. The van der Waals surface area contributed by atoms with Crippen molar-refractivity contribution in [2.24, 2.45) is 0 Å². The molecule has 0 unspecified atom stereocenters. The third-order valence-corrected chi connectivity index (χ3v) is 2.01. The van der Waals surface area contributed by atoms with Gasteiger partial charge in [0.1, 0.15) is 0 Å². The molecule has 1 aliphatic rings. The highest BCUT2D eigenvalue weighted by molar-refractivity contribution is 6.18. The van der Waals surface area contributed by atoms with Gasteiger partial charge in [0.15, 0.2) is 0 Å². The highest BCUT2D eigenvalue weighted by Gasteiger charge is 2.26. The Bertz CT molecular complexity index is 81.0. The Morgan fingerprint density at radius 2 is 2.22 bits per heavy atom. The molecule has 0 bridgehead atoms. The zero-order valence-corrected chi connectivity index (χ0v) is 6.69. The summed E-state index contributed by atoms with van der Waals surface area (Å²) in [5.41, 5.74) is 0. The average molecular weight is 148 g/mol. The molecule has 0 N–H and O–H groups in total. The van der Waals surface area contributed by atoms with E-state index in [-0.39, 0.29) is 0 Å². The third-order valence-electron chi connectivity index (χ3n) is 1.84. The van der Waals surface area contributed by atoms with Crippen molar-refractivity contribution < 1.29 is 0 Å². The first kappa shape index (κ1) is 7.36. The molecule has 0 radical (unpaired) electrons. The van der Waals surface area contributed by atoms with Crippen LogP contribution in [0.2, 0.25) is 0 Å². The first-order valence-corrected chi connectivity index (χ1v) is 4.22. The van der Waals surface area contributed by atoms with Gasteiger partial charge in [0, 0.05) is 18.5 Å². The second kappa shape index (κ2) is 3.43. The van der Waals surface area contributed by atoms with E-state index in [0.717, 1.165) is 25.0 Å². The monoisotopic (exact) mass is 147 g/mol. The summed E-state index contributed by atoms with van der Waals surface area (Å²) in [5, 5.41) is 0. The number of hydrogen-bond donors (Lipinski definition) is 0. The molecular weight excluding hydrogens is 134 g/mol. The smallest absolute Gasteiger partial charge is 0.0351 e. The number of halogens is 1. The van der Waals surface area contributed by atoms with E-state index in [1.165, 1.54) is 12.8 Å². The molecular formula is C7H14ClN. The fourth-order valence-corrected chi connectivity index (χ4v) is 1.36. The molecule has 1 fully saturated rings. The molecule has 0 saturated heterocycles. The van der Waals surface area contributed by atoms with E-state index in [1.807, 2.05) is 0 Å². The third kappa shape index (κ3) is 2.15. The van der Waals surface area contributed by atoms with Crippen LogP contribution in [0.5, 0.6) is 0 Å². The quantitative estimate of drug-likeness (QED) is 0.548. The molecule has 1 aliphatic carbocycles. The van der Waals surface area contributed by atoms with E-state index in [0.29, 0.717) is 0 Å². The molecule has 2 heteroatoms. The van der Waals surface area contributed by atoms with Gasteiger partial charge in [-0.3, -0.25) is 4.90 Å². The zero-order chi connectivity index (χ0) is 6.69. The maximum absolute atomic E-state index is 5.61. The largest absolute Gasteiger partial charge is 0.299 e. The summed E-state index contributed by atoms with van der Waals surface area (Å²) in [6.07, 6.45) is 2.79. The van der Waals surface area contributed by atoms with Crippen LogP contribution in [0.1, 0.15) is 19.8 Å². The second-order valence-electron chi connectivity index (χ2n) is 2.55. The van der Waals surface area contributed by atoms with Crippen LogP contribution in [0.25, 0.3) is 0 Å².